The first-order valence-corrected chi connectivity index (χ1v) is 5.43. The van der Waals surface area contributed by atoms with Gasteiger partial charge in [-0.15, -0.1) is 12.4 Å². The van der Waals surface area contributed by atoms with Crippen LogP contribution in [0.15, 0.2) is 0 Å². The summed E-state index contributed by atoms with van der Waals surface area (Å²) in [4.78, 5) is 24.8. The van der Waals surface area contributed by atoms with E-state index in [2.05, 4.69) is 5.32 Å². The summed E-state index contributed by atoms with van der Waals surface area (Å²) < 4.78 is 0. The average molecular weight is 248 g/mol. The van der Waals surface area contributed by atoms with Crippen LogP contribution in [0.1, 0.15) is 26.2 Å². The molecule has 1 unspecified atom stereocenters. The topological polar surface area (TPSA) is 75.4 Å². The van der Waals surface area contributed by atoms with Gasteiger partial charge < -0.3 is 16.0 Å². The van der Waals surface area contributed by atoms with E-state index in [0.29, 0.717) is 19.0 Å². The molecule has 3 N–H and O–H groups in total. The molecule has 16 heavy (non-hydrogen) atoms. The lowest BCUT2D eigenvalue weighted by atomic mass is 10.2. The third-order valence-electron chi connectivity index (χ3n) is 2.91. The first-order valence-electron chi connectivity index (χ1n) is 5.43. The Balaban J connectivity index is 0.00000128. The molecule has 1 aliphatic heterocycles. The van der Waals surface area contributed by atoms with Crippen LogP contribution in [0.25, 0.3) is 0 Å². The number of hydrogen-bond acceptors (Lipinski definition) is 3. The smallest absolute Gasteiger partial charge is 0.236 e. The molecule has 1 heterocycles. The van der Waals surface area contributed by atoms with Crippen LogP contribution in [0.4, 0.5) is 0 Å². The number of nitrogens with zero attached hydrogens (tertiary/aromatic N) is 1. The number of nitrogens with one attached hydrogen (secondary N) is 1. The molecule has 0 aromatic heterocycles. The maximum atomic E-state index is 11.6. The fraction of sp³-hybridized carbons (Fsp3) is 0.800. The van der Waals surface area contributed by atoms with E-state index >= 15 is 0 Å². The highest BCUT2D eigenvalue weighted by Gasteiger charge is 2.39. The largest absolute Gasteiger partial charge is 0.350 e. The number of hydrogen-bond donors (Lipinski definition) is 2. The standard InChI is InChI=1S/C10H17N3O2.ClH/c1-6(11)10(15)12-7-4-9(14)13(5-7)8-2-3-8;/h6-8H,2-5,11H2,1H3,(H,12,15);1H/t6-,7?;/m1./s1. The minimum Gasteiger partial charge on any atom is -0.350 e. The molecule has 5 nitrogen and oxygen atoms in total. The fourth-order valence-electron chi connectivity index (χ4n) is 1.90. The minimum absolute atomic E-state index is 0. The highest BCUT2D eigenvalue weighted by molar-refractivity contribution is 5.85. The normalized spacial score (nSPS) is 26.2. The summed E-state index contributed by atoms with van der Waals surface area (Å²) in [7, 11) is 0. The van der Waals surface area contributed by atoms with E-state index in [1.807, 2.05) is 4.90 Å². The molecule has 2 atom stereocenters. The van der Waals surface area contributed by atoms with E-state index in [-0.39, 0.29) is 30.3 Å². The van der Waals surface area contributed by atoms with Crippen molar-refractivity contribution in [3.8, 4) is 0 Å². The number of carbonyl (C=O) groups excluding carboxylic acids is 2. The van der Waals surface area contributed by atoms with Gasteiger partial charge in [0.1, 0.15) is 0 Å². The zero-order valence-electron chi connectivity index (χ0n) is 9.31. The Kier molecular flexibility index (Phi) is 4.15. The molecule has 0 bridgehead atoms. The molecule has 0 spiro atoms. The molecule has 0 aromatic rings. The van der Waals surface area contributed by atoms with Crippen LogP contribution in [-0.4, -0.2) is 41.4 Å². The van der Waals surface area contributed by atoms with Crippen molar-refractivity contribution in [1.82, 2.24) is 10.2 Å². The molecule has 1 aliphatic carbocycles. The second-order valence-corrected chi connectivity index (χ2v) is 4.48. The Labute approximate surface area is 101 Å². The van der Waals surface area contributed by atoms with Crippen molar-refractivity contribution in [2.45, 2.75) is 44.3 Å². The molecule has 2 fully saturated rings. The summed E-state index contributed by atoms with van der Waals surface area (Å²) in [5.41, 5.74) is 5.44. The van der Waals surface area contributed by atoms with Crippen molar-refractivity contribution in [1.29, 1.82) is 0 Å². The molecule has 0 radical (unpaired) electrons. The van der Waals surface area contributed by atoms with Gasteiger partial charge in [-0.05, 0) is 19.8 Å². The Morgan fingerprint density at radius 2 is 2.19 bits per heavy atom. The van der Waals surface area contributed by atoms with Gasteiger partial charge in [-0.3, -0.25) is 9.59 Å². The second kappa shape index (κ2) is 5.01. The lowest BCUT2D eigenvalue weighted by Gasteiger charge is -2.16. The SMILES string of the molecule is C[C@@H](N)C(=O)NC1CC(=O)N(C2CC2)C1.Cl. The van der Waals surface area contributed by atoms with E-state index in [0.717, 1.165) is 12.8 Å². The van der Waals surface area contributed by atoms with Gasteiger partial charge in [0, 0.05) is 19.0 Å². The molecular weight excluding hydrogens is 230 g/mol. The Bertz CT molecular complexity index is 292. The van der Waals surface area contributed by atoms with Gasteiger partial charge in [0.2, 0.25) is 11.8 Å². The van der Waals surface area contributed by atoms with Crippen LogP contribution in [-0.2, 0) is 9.59 Å². The average Bonchev–Trinajstić information content (AvgIpc) is 2.92. The number of nitrogens with two attached hydrogens (primary N) is 1. The van der Waals surface area contributed by atoms with Crippen LogP contribution >= 0.6 is 12.4 Å². The predicted octanol–water partition coefficient (Wildman–Crippen LogP) is -0.365. The van der Waals surface area contributed by atoms with Crippen LogP contribution < -0.4 is 11.1 Å². The van der Waals surface area contributed by atoms with E-state index < -0.39 is 6.04 Å². The second-order valence-electron chi connectivity index (χ2n) is 4.48. The van der Waals surface area contributed by atoms with Crippen molar-refractivity contribution in [2.24, 2.45) is 5.73 Å². The third-order valence-corrected chi connectivity index (χ3v) is 2.91. The number of amides is 2. The Morgan fingerprint density at radius 3 is 2.69 bits per heavy atom. The molecule has 1 saturated heterocycles. The third kappa shape index (κ3) is 2.86. The van der Waals surface area contributed by atoms with Gasteiger partial charge in [0.25, 0.3) is 0 Å². The zero-order valence-corrected chi connectivity index (χ0v) is 10.1. The van der Waals surface area contributed by atoms with E-state index in [1.54, 1.807) is 6.92 Å². The van der Waals surface area contributed by atoms with E-state index in [1.165, 1.54) is 0 Å². The summed E-state index contributed by atoms with van der Waals surface area (Å²) >= 11 is 0. The van der Waals surface area contributed by atoms with Crippen molar-refractivity contribution < 1.29 is 9.59 Å². The highest BCUT2D eigenvalue weighted by Crippen LogP contribution is 2.30. The van der Waals surface area contributed by atoms with Gasteiger partial charge in [-0.1, -0.05) is 0 Å². The van der Waals surface area contributed by atoms with Crippen LogP contribution in [0.5, 0.6) is 0 Å². The summed E-state index contributed by atoms with van der Waals surface area (Å²) in [5.74, 6) is -0.0158. The summed E-state index contributed by atoms with van der Waals surface area (Å²) in [6, 6.07) is -0.110. The van der Waals surface area contributed by atoms with Crippen LogP contribution in [0.3, 0.4) is 0 Å². The minimum atomic E-state index is -0.505. The predicted molar refractivity (Wildman–Crippen MR) is 62.2 cm³/mol. The van der Waals surface area contributed by atoms with Crippen LogP contribution in [0.2, 0.25) is 0 Å². The molecular formula is C10H18ClN3O2. The summed E-state index contributed by atoms with van der Waals surface area (Å²) in [6.07, 6.45) is 2.65. The number of halogens is 1. The van der Waals surface area contributed by atoms with Crippen molar-refractivity contribution in [2.75, 3.05) is 6.54 Å². The fourth-order valence-corrected chi connectivity index (χ4v) is 1.90. The van der Waals surface area contributed by atoms with E-state index in [9.17, 15) is 9.59 Å². The van der Waals surface area contributed by atoms with Crippen LogP contribution in [0, 0.1) is 0 Å². The maximum Gasteiger partial charge on any atom is 0.236 e. The summed E-state index contributed by atoms with van der Waals surface area (Å²) in [6.45, 7) is 2.30. The Hall–Kier alpha value is -0.810. The maximum absolute atomic E-state index is 11.6. The number of carbonyl (C=O) groups is 2. The molecule has 2 aliphatic rings. The summed E-state index contributed by atoms with van der Waals surface area (Å²) in [5, 5.41) is 2.79. The van der Waals surface area contributed by atoms with Gasteiger partial charge in [0.05, 0.1) is 12.1 Å². The Morgan fingerprint density at radius 1 is 1.56 bits per heavy atom. The lowest BCUT2D eigenvalue weighted by Crippen LogP contribution is -2.45. The quantitative estimate of drug-likeness (QED) is 0.715. The molecule has 1 saturated carbocycles. The van der Waals surface area contributed by atoms with Gasteiger partial charge in [-0.25, -0.2) is 0 Å². The number of rotatable bonds is 3. The van der Waals surface area contributed by atoms with Gasteiger partial charge >= 0.3 is 0 Å². The van der Waals surface area contributed by atoms with Gasteiger partial charge in [0.15, 0.2) is 0 Å². The first kappa shape index (κ1) is 13.3. The lowest BCUT2D eigenvalue weighted by molar-refractivity contribution is -0.128. The molecule has 0 aromatic carbocycles. The zero-order chi connectivity index (χ0) is 11.0. The molecule has 2 amide bonds. The van der Waals surface area contributed by atoms with Crippen molar-refractivity contribution >= 4 is 24.2 Å². The van der Waals surface area contributed by atoms with Crippen molar-refractivity contribution in [3.63, 3.8) is 0 Å². The molecule has 2 rings (SSSR count). The number of likely N-dealkylation sites (tertiary alicyclic amines) is 1. The first-order chi connectivity index (χ1) is 7.08. The molecule has 6 heteroatoms. The van der Waals surface area contributed by atoms with Gasteiger partial charge in [-0.2, -0.15) is 0 Å². The van der Waals surface area contributed by atoms with Crippen molar-refractivity contribution in [3.05, 3.63) is 0 Å². The van der Waals surface area contributed by atoms with E-state index in [4.69, 9.17) is 5.73 Å². The highest BCUT2D eigenvalue weighted by atomic mass is 35.5. The monoisotopic (exact) mass is 247 g/mol. The molecule has 92 valence electrons.